The van der Waals surface area contributed by atoms with E-state index in [2.05, 4.69) is 37.5 Å². The topological polar surface area (TPSA) is 123 Å². The van der Waals surface area contributed by atoms with Crippen molar-refractivity contribution >= 4 is 56.7 Å². The summed E-state index contributed by atoms with van der Waals surface area (Å²) in [5.74, 6) is 0.294. The number of alkyl carbamates (subject to hydrolysis) is 1. The number of thiazole rings is 1. The number of hydrogen-bond donors (Lipinski definition) is 2. The molecule has 3 aromatic heterocycles. The number of anilines is 1. The van der Waals surface area contributed by atoms with Crippen LogP contribution in [0.4, 0.5) is 10.5 Å². The number of benzene rings is 1. The van der Waals surface area contributed by atoms with Gasteiger partial charge in [-0.2, -0.15) is 5.10 Å². The molecule has 33 heavy (non-hydrogen) atoms. The van der Waals surface area contributed by atoms with Crippen molar-refractivity contribution in [3.05, 3.63) is 54.0 Å². The Kier molecular flexibility index (Phi) is 6.84. The maximum atomic E-state index is 12.8. The lowest BCUT2D eigenvalue weighted by molar-refractivity contribution is 0.102. The quantitative estimate of drug-likeness (QED) is 0.221. The number of ether oxygens (including phenoxy) is 1. The number of nitrogens with one attached hydrogen (secondary N) is 2. The van der Waals surface area contributed by atoms with Crippen molar-refractivity contribution in [1.29, 1.82) is 0 Å². The predicted octanol–water partition coefficient (Wildman–Crippen LogP) is 3.61. The van der Waals surface area contributed by atoms with E-state index in [1.54, 1.807) is 23.6 Å². The Morgan fingerprint density at radius 1 is 1.27 bits per heavy atom. The van der Waals surface area contributed by atoms with Gasteiger partial charge in [0.05, 0.1) is 21.6 Å². The SMILES string of the molecule is C=CCOC(=O)NCCSc1nc2ccc(NC(=O)c3nnc4cc(C)nn4c3C)cc2s1. The molecule has 2 amide bonds. The Morgan fingerprint density at radius 2 is 2.12 bits per heavy atom. The van der Waals surface area contributed by atoms with Gasteiger partial charge in [-0.3, -0.25) is 4.79 Å². The number of hydrogen-bond acceptors (Lipinski definition) is 9. The molecule has 0 fully saturated rings. The van der Waals surface area contributed by atoms with Gasteiger partial charge in [-0.15, -0.1) is 21.5 Å². The minimum absolute atomic E-state index is 0.180. The monoisotopic (exact) mass is 483 g/mol. The van der Waals surface area contributed by atoms with Crippen LogP contribution in [-0.4, -0.2) is 55.7 Å². The van der Waals surface area contributed by atoms with E-state index >= 15 is 0 Å². The third-order valence-electron chi connectivity index (χ3n) is 4.50. The fourth-order valence-electron chi connectivity index (χ4n) is 3.00. The molecule has 4 aromatic rings. The molecule has 0 bridgehead atoms. The van der Waals surface area contributed by atoms with E-state index in [-0.39, 0.29) is 18.2 Å². The second kappa shape index (κ2) is 9.96. The minimum atomic E-state index is -0.470. The summed E-state index contributed by atoms with van der Waals surface area (Å²) in [7, 11) is 0. The van der Waals surface area contributed by atoms with Crippen LogP contribution in [0, 0.1) is 13.8 Å². The number of carbonyl (C=O) groups excluding carboxylic acids is 2. The van der Waals surface area contributed by atoms with Crippen LogP contribution in [0.5, 0.6) is 0 Å². The molecule has 0 saturated carbocycles. The van der Waals surface area contributed by atoms with Gasteiger partial charge in [0.2, 0.25) is 0 Å². The molecule has 0 saturated heterocycles. The Labute approximate surface area is 197 Å². The third-order valence-corrected chi connectivity index (χ3v) is 6.66. The molecule has 170 valence electrons. The second-order valence-corrected chi connectivity index (χ2v) is 9.34. The summed E-state index contributed by atoms with van der Waals surface area (Å²) in [6, 6.07) is 7.33. The second-order valence-electron chi connectivity index (χ2n) is 6.97. The number of aromatic nitrogens is 5. The lowest BCUT2D eigenvalue weighted by Gasteiger charge is -2.07. The first-order chi connectivity index (χ1) is 15.9. The summed E-state index contributed by atoms with van der Waals surface area (Å²) in [5, 5.41) is 18.0. The highest BCUT2D eigenvalue weighted by atomic mass is 32.2. The van der Waals surface area contributed by atoms with Gasteiger partial charge in [-0.1, -0.05) is 24.4 Å². The molecular formula is C21H21N7O3S2. The normalized spacial score (nSPS) is 11.0. The van der Waals surface area contributed by atoms with Crippen LogP contribution < -0.4 is 10.6 Å². The number of amides is 2. The fraction of sp³-hybridized carbons (Fsp3) is 0.238. The summed E-state index contributed by atoms with van der Waals surface area (Å²) < 4.78 is 8.28. The predicted molar refractivity (Wildman–Crippen MR) is 128 cm³/mol. The number of carbonyl (C=O) groups is 2. The van der Waals surface area contributed by atoms with Crippen molar-refractivity contribution in [2.24, 2.45) is 0 Å². The zero-order valence-electron chi connectivity index (χ0n) is 18.0. The Bertz CT molecular complexity index is 1350. The molecule has 0 radical (unpaired) electrons. The minimum Gasteiger partial charge on any atom is -0.445 e. The van der Waals surface area contributed by atoms with Crippen LogP contribution in [0.3, 0.4) is 0 Å². The third kappa shape index (κ3) is 5.29. The summed E-state index contributed by atoms with van der Waals surface area (Å²) in [4.78, 5) is 28.8. The molecular weight excluding hydrogens is 462 g/mol. The molecule has 0 aliphatic heterocycles. The van der Waals surface area contributed by atoms with Crippen LogP contribution in [0.1, 0.15) is 21.9 Å². The highest BCUT2D eigenvalue weighted by Crippen LogP contribution is 2.31. The van der Waals surface area contributed by atoms with Gasteiger partial charge in [-0.05, 0) is 32.0 Å². The number of fused-ring (bicyclic) bond motifs is 2. The van der Waals surface area contributed by atoms with Crippen LogP contribution >= 0.6 is 23.1 Å². The van der Waals surface area contributed by atoms with Crippen molar-refractivity contribution in [3.63, 3.8) is 0 Å². The molecule has 0 atom stereocenters. The highest BCUT2D eigenvalue weighted by molar-refractivity contribution is 8.01. The van der Waals surface area contributed by atoms with Gasteiger partial charge < -0.3 is 15.4 Å². The zero-order chi connectivity index (χ0) is 23.4. The van der Waals surface area contributed by atoms with Crippen LogP contribution in [0.15, 0.2) is 41.3 Å². The number of rotatable bonds is 8. The molecule has 1 aromatic carbocycles. The van der Waals surface area contributed by atoms with Crippen molar-refractivity contribution < 1.29 is 14.3 Å². The Morgan fingerprint density at radius 3 is 2.94 bits per heavy atom. The first kappa shape index (κ1) is 22.7. The molecule has 0 unspecified atom stereocenters. The van der Waals surface area contributed by atoms with Crippen molar-refractivity contribution in [3.8, 4) is 0 Å². The maximum Gasteiger partial charge on any atom is 0.407 e. The molecule has 2 N–H and O–H groups in total. The van der Waals surface area contributed by atoms with Gasteiger partial charge in [0.1, 0.15) is 6.61 Å². The fourth-order valence-corrected chi connectivity index (χ4v) is 5.03. The van der Waals surface area contributed by atoms with Gasteiger partial charge in [0.25, 0.3) is 5.91 Å². The molecule has 4 rings (SSSR count). The maximum absolute atomic E-state index is 12.8. The Hall–Kier alpha value is -3.51. The standard InChI is InChI=1S/C21H21N7O3S2/c1-4-8-31-20(30)22-7-9-32-21-24-15-6-5-14(11-16(15)33-21)23-19(29)18-13(3)28-17(25-26-18)10-12(2)27-28/h4-6,10-11H,1,7-9H2,2-3H3,(H,22,30)(H,23,29). The molecule has 12 heteroatoms. The zero-order valence-corrected chi connectivity index (χ0v) is 19.6. The van der Waals surface area contributed by atoms with E-state index in [0.29, 0.717) is 29.3 Å². The number of aryl methyl sites for hydroxylation is 2. The largest absolute Gasteiger partial charge is 0.445 e. The summed E-state index contributed by atoms with van der Waals surface area (Å²) >= 11 is 3.05. The number of nitrogens with zero attached hydrogens (tertiary/aromatic N) is 5. The van der Waals surface area contributed by atoms with Crippen molar-refractivity contribution in [2.75, 3.05) is 24.2 Å². The lowest BCUT2D eigenvalue weighted by atomic mass is 10.2. The van der Waals surface area contributed by atoms with E-state index < -0.39 is 6.09 Å². The van der Waals surface area contributed by atoms with E-state index in [1.807, 2.05) is 19.1 Å². The van der Waals surface area contributed by atoms with Gasteiger partial charge in [0.15, 0.2) is 15.7 Å². The molecule has 3 heterocycles. The summed E-state index contributed by atoms with van der Waals surface area (Å²) in [5.41, 5.74) is 3.70. The van der Waals surface area contributed by atoms with E-state index in [0.717, 1.165) is 20.3 Å². The van der Waals surface area contributed by atoms with Crippen molar-refractivity contribution in [1.82, 2.24) is 30.1 Å². The first-order valence-corrected chi connectivity index (χ1v) is 11.8. The molecule has 0 aliphatic rings. The van der Waals surface area contributed by atoms with E-state index in [1.165, 1.54) is 29.2 Å². The molecule has 0 spiro atoms. The lowest BCUT2D eigenvalue weighted by Crippen LogP contribution is -2.26. The van der Waals surface area contributed by atoms with E-state index in [9.17, 15) is 9.59 Å². The van der Waals surface area contributed by atoms with Crippen LogP contribution in [0.2, 0.25) is 0 Å². The van der Waals surface area contributed by atoms with Crippen LogP contribution in [0.25, 0.3) is 15.9 Å². The van der Waals surface area contributed by atoms with Gasteiger partial charge >= 0.3 is 6.09 Å². The summed E-state index contributed by atoms with van der Waals surface area (Å²) in [6.45, 7) is 7.78. The van der Waals surface area contributed by atoms with Gasteiger partial charge in [-0.25, -0.2) is 14.3 Å². The van der Waals surface area contributed by atoms with Crippen LogP contribution in [-0.2, 0) is 4.74 Å². The average molecular weight is 484 g/mol. The smallest absolute Gasteiger partial charge is 0.407 e. The van der Waals surface area contributed by atoms with E-state index in [4.69, 9.17) is 4.74 Å². The first-order valence-electron chi connectivity index (χ1n) is 10.0. The summed E-state index contributed by atoms with van der Waals surface area (Å²) in [6.07, 6.45) is 1.04. The molecule has 10 nitrogen and oxygen atoms in total. The average Bonchev–Trinajstić information content (AvgIpc) is 3.37. The number of thioether (sulfide) groups is 1. The van der Waals surface area contributed by atoms with Crippen molar-refractivity contribution in [2.45, 2.75) is 18.2 Å². The molecule has 0 aliphatic carbocycles. The highest BCUT2D eigenvalue weighted by Gasteiger charge is 2.17. The van der Waals surface area contributed by atoms with Gasteiger partial charge in [0, 0.05) is 24.1 Å². The Balaban J connectivity index is 1.39.